The molecular weight excluding hydrogens is 713 g/mol. The number of aliphatic hydroxyl groups is 2. The van der Waals surface area contributed by atoms with Gasteiger partial charge in [-0.25, -0.2) is 9.59 Å². The quantitative estimate of drug-likeness (QED) is 0.0473. The van der Waals surface area contributed by atoms with E-state index in [0.29, 0.717) is 69.0 Å². The van der Waals surface area contributed by atoms with Crippen LogP contribution in [0.4, 0.5) is 0 Å². The molecule has 2 saturated carbocycles. The second-order valence-corrected chi connectivity index (χ2v) is 18.0. The number of hydrogen-bond acceptors (Lipinski definition) is 7. The smallest absolute Gasteiger partial charge is 0.333 e. The zero-order valence-electron chi connectivity index (χ0n) is 36.8. The summed E-state index contributed by atoms with van der Waals surface area (Å²) in [5.41, 5.74) is 3.74. The van der Waals surface area contributed by atoms with Crippen molar-refractivity contribution in [2.45, 2.75) is 188 Å². The molecule has 1 aromatic rings. The predicted octanol–water partition coefficient (Wildman–Crippen LogP) is 11.9. The molecule has 3 rings (SSSR count). The van der Waals surface area contributed by atoms with Crippen LogP contribution >= 0.6 is 0 Å². The van der Waals surface area contributed by atoms with Crippen LogP contribution in [0.2, 0.25) is 0 Å². The molecule has 2 aliphatic rings. The van der Waals surface area contributed by atoms with Gasteiger partial charge in [0.15, 0.2) is 0 Å². The molecule has 2 aliphatic carbocycles. The van der Waals surface area contributed by atoms with Crippen molar-refractivity contribution in [2.75, 3.05) is 33.0 Å². The lowest BCUT2D eigenvalue weighted by Crippen LogP contribution is -2.32. The number of carbonyl (C=O) groups is 2. The summed E-state index contributed by atoms with van der Waals surface area (Å²) in [5, 5.41) is 20.6. The second kappa shape index (κ2) is 27.2. The summed E-state index contributed by atoms with van der Waals surface area (Å²) in [6.07, 6.45) is 27.7. The maximum atomic E-state index is 12.2. The van der Waals surface area contributed by atoms with E-state index in [0.717, 1.165) is 53.9 Å². The van der Waals surface area contributed by atoms with E-state index in [4.69, 9.17) is 14.2 Å². The third-order valence-electron chi connectivity index (χ3n) is 13.2. The number of ether oxygens (including phenoxy) is 3. The van der Waals surface area contributed by atoms with Crippen molar-refractivity contribution < 1.29 is 34.0 Å². The Labute approximate surface area is 347 Å². The fourth-order valence-electron chi connectivity index (χ4n) is 9.35. The number of rotatable bonds is 29. The Morgan fingerprint density at radius 2 is 1.14 bits per heavy atom. The average Bonchev–Trinajstić information content (AvgIpc) is 3.22. The van der Waals surface area contributed by atoms with Gasteiger partial charge in [0.2, 0.25) is 0 Å². The highest BCUT2D eigenvalue weighted by molar-refractivity contribution is 5.87. The molecule has 7 nitrogen and oxygen atoms in total. The van der Waals surface area contributed by atoms with Gasteiger partial charge >= 0.3 is 11.9 Å². The molecule has 324 valence electrons. The highest BCUT2D eigenvalue weighted by Crippen LogP contribution is 2.46. The Bertz CT molecular complexity index is 1270. The van der Waals surface area contributed by atoms with Gasteiger partial charge in [0, 0.05) is 16.6 Å². The number of esters is 2. The van der Waals surface area contributed by atoms with E-state index in [9.17, 15) is 19.8 Å². The SMILES string of the molecule is C=C(C)C(=O)OCCCc1cc(C2CCC(C3CCC(CCCCCCCCC)CC3)CC2)cc(CCCOC(=O)C(=C)C)c1OCCC(CO)(CO)CCCC. The minimum atomic E-state index is -0.588. The highest BCUT2D eigenvalue weighted by Gasteiger charge is 2.32. The molecule has 0 radical (unpaired) electrons. The van der Waals surface area contributed by atoms with E-state index in [-0.39, 0.29) is 25.2 Å². The number of aliphatic hydroxyl groups excluding tert-OH is 2. The molecule has 0 saturated heterocycles. The lowest BCUT2D eigenvalue weighted by molar-refractivity contribution is -0.139. The third kappa shape index (κ3) is 17.2. The Kier molecular flexibility index (Phi) is 23.2. The number of carbonyl (C=O) groups excluding carboxylic acids is 2. The number of benzene rings is 1. The number of aryl methyl sites for hydroxylation is 2. The normalized spacial score (nSPS) is 19.9. The summed E-state index contributed by atoms with van der Waals surface area (Å²) in [7, 11) is 0. The molecule has 0 bridgehead atoms. The van der Waals surface area contributed by atoms with Crippen molar-refractivity contribution in [3.63, 3.8) is 0 Å². The molecule has 0 atom stereocenters. The number of unbranched alkanes of at least 4 members (excludes halogenated alkanes) is 7. The summed E-state index contributed by atoms with van der Waals surface area (Å²) in [4.78, 5) is 24.3. The summed E-state index contributed by atoms with van der Waals surface area (Å²) in [6, 6.07) is 4.67. The summed E-state index contributed by atoms with van der Waals surface area (Å²) in [5.74, 6) is 3.22. The summed E-state index contributed by atoms with van der Waals surface area (Å²) < 4.78 is 17.6. The third-order valence-corrected chi connectivity index (χ3v) is 13.2. The van der Waals surface area contributed by atoms with Gasteiger partial charge in [0.05, 0.1) is 33.0 Å². The van der Waals surface area contributed by atoms with Crippen LogP contribution in [-0.2, 0) is 31.9 Å². The Morgan fingerprint density at radius 3 is 1.63 bits per heavy atom. The first-order valence-corrected chi connectivity index (χ1v) is 23.2. The molecular formula is C50H82O7. The Hall–Kier alpha value is -2.64. The van der Waals surface area contributed by atoms with Crippen LogP contribution in [0.1, 0.15) is 192 Å². The molecule has 7 heteroatoms. The fourth-order valence-corrected chi connectivity index (χ4v) is 9.35. The first-order chi connectivity index (χ1) is 27.6. The molecule has 0 aromatic heterocycles. The van der Waals surface area contributed by atoms with Crippen LogP contribution in [0, 0.1) is 23.2 Å². The first kappa shape index (κ1) is 48.7. The molecule has 57 heavy (non-hydrogen) atoms. The van der Waals surface area contributed by atoms with Crippen LogP contribution in [0.3, 0.4) is 0 Å². The van der Waals surface area contributed by atoms with Gasteiger partial charge in [-0.3, -0.25) is 0 Å². The molecule has 0 unspecified atom stereocenters. The van der Waals surface area contributed by atoms with Crippen molar-refractivity contribution in [3.8, 4) is 5.75 Å². The molecule has 0 amide bonds. The summed E-state index contributed by atoms with van der Waals surface area (Å²) >= 11 is 0. The van der Waals surface area contributed by atoms with Gasteiger partial charge in [-0.15, -0.1) is 0 Å². The van der Waals surface area contributed by atoms with E-state index in [1.165, 1.54) is 108 Å². The molecule has 0 aliphatic heterocycles. The van der Waals surface area contributed by atoms with E-state index in [2.05, 4.69) is 39.1 Å². The fraction of sp³-hybridized carbons (Fsp3) is 0.760. The van der Waals surface area contributed by atoms with Gasteiger partial charge in [-0.2, -0.15) is 0 Å². The zero-order chi connectivity index (χ0) is 41.5. The van der Waals surface area contributed by atoms with Crippen molar-refractivity contribution in [3.05, 3.63) is 53.1 Å². The van der Waals surface area contributed by atoms with Crippen molar-refractivity contribution in [1.82, 2.24) is 0 Å². The molecule has 2 N–H and O–H groups in total. The van der Waals surface area contributed by atoms with Crippen molar-refractivity contribution >= 4 is 11.9 Å². The lowest BCUT2D eigenvalue weighted by Gasteiger charge is -2.38. The predicted molar refractivity (Wildman–Crippen MR) is 234 cm³/mol. The topological polar surface area (TPSA) is 102 Å². The zero-order valence-corrected chi connectivity index (χ0v) is 36.8. The van der Waals surface area contributed by atoms with Gasteiger partial charge in [0.25, 0.3) is 0 Å². The van der Waals surface area contributed by atoms with E-state index < -0.39 is 5.41 Å². The number of hydrogen-bond donors (Lipinski definition) is 2. The standard InChI is InChI=1S/C50H82O7/c1-7-9-11-12-13-14-15-18-40-21-23-41(24-22-40)42-25-27-43(28-26-42)46-34-44(19-16-31-56-48(53)38(3)4)47(45(35-46)20-17-32-57-49(54)39(5)6)55-33-30-50(36-51,37-52)29-10-8-2/h34-35,40-43,51-52H,3,5,7-33,36-37H2,1-2,4,6H3. The Morgan fingerprint density at radius 1 is 0.649 bits per heavy atom. The van der Waals surface area contributed by atoms with Gasteiger partial charge in [-0.05, 0) is 131 Å². The van der Waals surface area contributed by atoms with Crippen LogP contribution in [-0.4, -0.2) is 55.2 Å². The Balaban J connectivity index is 1.73. The summed E-state index contributed by atoms with van der Waals surface area (Å²) in [6.45, 7) is 16.0. The maximum absolute atomic E-state index is 12.2. The van der Waals surface area contributed by atoms with E-state index in [1.807, 2.05) is 0 Å². The van der Waals surface area contributed by atoms with Gasteiger partial charge in [0.1, 0.15) is 5.75 Å². The largest absolute Gasteiger partial charge is 0.493 e. The second-order valence-electron chi connectivity index (χ2n) is 18.0. The monoisotopic (exact) mass is 795 g/mol. The first-order valence-electron chi connectivity index (χ1n) is 23.2. The maximum Gasteiger partial charge on any atom is 0.333 e. The van der Waals surface area contributed by atoms with Gasteiger partial charge in [-0.1, -0.05) is 116 Å². The molecule has 2 fully saturated rings. The van der Waals surface area contributed by atoms with Crippen LogP contribution in [0.5, 0.6) is 5.75 Å². The minimum absolute atomic E-state index is 0.0863. The lowest BCUT2D eigenvalue weighted by atomic mass is 9.67. The van der Waals surface area contributed by atoms with Crippen LogP contribution in [0.15, 0.2) is 36.4 Å². The average molecular weight is 795 g/mol. The van der Waals surface area contributed by atoms with E-state index in [1.54, 1.807) is 13.8 Å². The molecule has 0 spiro atoms. The van der Waals surface area contributed by atoms with Crippen LogP contribution in [0.25, 0.3) is 0 Å². The molecule has 1 aromatic carbocycles. The van der Waals surface area contributed by atoms with Crippen molar-refractivity contribution in [2.24, 2.45) is 23.2 Å². The minimum Gasteiger partial charge on any atom is -0.493 e. The van der Waals surface area contributed by atoms with Gasteiger partial charge < -0.3 is 24.4 Å². The molecule has 0 heterocycles. The highest BCUT2D eigenvalue weighted by atomic mass is 16.5. The van der Waals surface area contributed by atoms with Crippen LogP contribution < -0.4 is 4.74 Å². The van der Waals surface area contributed by atoms with E-state index >= 15 is 0 Å². The van der Waals surface area contributed by atoms with Crippen molar-refractivity contribution in [1.29, 1.82) is 0 Å².